The van der Waals surface area contributed by atoms with Crippen molar-refractivity contribution in [1.29, 1.82) is 5.26 Å². The van der Waals surface area contributed by atoms with Gasteiger partial charge in [0.15, 0.2) is 34.5 Å². The minimum absolute atomic E-state index is 0.135. The number of ketones is 4. The van der Waals surface area contributed by atoms with E-state index in [1.54, 1.807) is 12.1 Å². The highest BCUT2D eigenvalue weighted by molar-refractivity contribution is 6.33. The lowest BCUT2D eigenvalue weighted by molar-refractivity contribution is -0.166. The second-order valence-electron chi connectivity index (χ2n) is 13.2. The highest BCUT2D eigenvalue weighted by Gasteiger charge is 2.78. The number of phenolic OH excluding ortho intramolecular Hbond substituents is 1. The molecule has 6 atom stereocenters. The van der Waals surface area contributed by atoms with Crippen molar-refractivity contribution in [2.24, 2.45) is 34.5 Å². The molecule has 13 nitrogen and oxygen atoms in total. The molecule has 2 unspecified atom stereocenters. The number of ether oxygens (including phenoxy) is 1. The zero-order valence-electron chi connectivity index (χ0n) is 25.6. The fourth-order valence-corrected chi connectivity index (χ4v) is 8.33. The molecule has 1 saturated heterocycles. The largest absolute Gasteiger partial charge is 0.507 e. The number of phenols is 1. The van der Waals surface area contributed by atoms with Gasteiger partial charge in [-0.25, -0.2) is 0 Å². The first-order valence-corrected chi connectivity index (χ1v) is 15.1. The number of primary amides is 1. The zero-order valence-corrected chi connectivity index (χ0v) is 25.6. The Morgan fingerprint density at radius 3 is 2.43 bits per heavy atom. The molecule has 0 spiro atoms. The van der Waals surface area contributed by atoms with Crippen molar-refractivity contribution in [3.05, 3.63) is 53.1 Å². The van der Waals surface area contributed by atoms with Gasteiger partial charge in [0.05, 0.1) is 36.4 Å². The molecule has 240 valence electrons. The molecule has 3 fully saturated rings. The quantitative estimate of drug-likeness (QED) is 0.302. The summed E-state index contributed by atoms with van der Waals surface area (Å²) in [4.78, 5) is 72.3. The lowest BCUT2D eigenvalue weighted by atomic mass is 9.42. The van der Waals surface area contributed by atoms with E-state index in [1.165, 1.54) is 25.1 Å². The summed E-state index contributed by atoms with van der Waals surface area (Å²) in [6.07, 6.45) is -0.600. The van der Waals surface area contributed by atoms with Crippen LogP contribution in [0.3, 0.4) is 0 Å². The van der Waals surface area contributed by atoms with Crippen LogP contribution in [0.5, 0.6) is 5.75 Å². The van der Waals surface area contributed by atoms with E-state index in [0.717, 1.165) is 24.2 Å². The first-order valence-electron chi connectivity index (χ1n) is 15.1. The number of nitrogens with zero attached hydrogens (tertiary/aromatic N) is 3. The van der Waals surface area contributed by atoms with E-state index in [-0.39, 0.29) is 17.7 Å². The molecule has 1 aliphatic heterocycles. The molecule has 13 heteroatoms. The number of rotatable bonds is 5. The van der Waals surface area contributed by atoms with Crippen LogP contribution in [-0.2, 0) is 36.9 Å². The maximum Gasteiger partial charge on any atom is 0.235 e. The van der Waals surface area contributed by atoms with Gasteiger partial charge in [-0.05, 0) is 61.3 Å². The number of hydrogen-bond acceptors (Lipinski definition) is 12. The van der Waals surface area contributed by atoms with Crippen LogP contribution in [0.15, 0.2) is 36.4 Å². The van der Waals surface area contributed by atoms with E-state index in [9.17, 15) is 34.3 Å². The number of nitrogens with two attached hydrogens (primary N) is 3. The molecule has 0 aromatic heterocycles. The van der Waals surface area contributed by atoms with Crippen LogP contribution in [0, 0.1) is 28.6 Å². The SMILES string of the molecule is CN(C)[C@@H]1C(=O)C(C(N)=O)C(=O)[C@@]2(C#N)C(=O)C3C(=O)c4c(O)ccc(-c5cccc(CN6CCOCC6)c5)c4C[C@@]3(N)C[C@@]12N. The number of morpholine rings is 1. The normalized spacial score (nSPS) is 32.8. The van der Waals surface area contributed by atoms with E-state index < -0.39 is 69.8 Å². The molecule has 7 N–H and O–H groups in total. The first-order chi connectivity index (χ1) is 21.7. The highest BCUT2D eigenvalue weighted by atomic mass is 16.5. The molecule has 0 bridgehead atoms. The fourth-order valence-electron chi connectivity index (χ4n) is 8.33. The number of aromatic hydroxyl groups is 1. The highest BCUT2D eigenvalue weighted by Crippen LogP contribution is 2.57. The van der Waals surface area contributed by atoms with Gasteiger partial charge in [0.1, 0.15) is 11.7 Å². The molecule has 1 heterocycles. The standard InChI is InChI=1S/C33H36N6O7/c1-38(2)27-26(42)23(30(35)45)28(43)32(16-34)29(44)24-25(41)22-20(13-31(24,36)15-33(27,32)37)19(6-7-21(22)40)18-5-3-4-17(12-18)14-39-8-10-46-11-9-39/h3-7,12,23-24,27,40H,8-11,13-15,36-37H2,1-2H3,(H2,35,45)/t23?,24?,27-,31-,32+,33-/m1/s1. The molecular formula is C33H36N6O7. The lowest BCUT2D eigenvalue weighted by Crippen LogP contribution is -2.85. The number of fused-ring (bicyclic) bond motifs is 3. The van der Waals surface area contributed by atoms with Gasteiger partial charge in [0.25, 0.3) is 0 Å². The number of likely N-dealkylation sites (N-methyl/N-ethyl adjacent to an activating group) is 1. The fraction of sp³-hybridized carbons (Fsp3) is 0.455. The second-order valence-corrected chi connectivity index (χ2v) is 13.2. The molecule has 3 aliphatic carbocycles. The Bertz CT molecular complexity index is 1750. The van der Waals surface area contributed by atoms with Crippen LogP contribution in [0.4, 0.5) is 0 Å². The van der Waals surface area contributed by atoms with Crippen molar-refractivity contribution in [2.45, 2.75) is 36.5 Å². The van der Waals surface area contributed by atoms with Crippen molar-refractivity contribution in [3.8, 4) is 22.9 Å². The molecular weight excluding hydrogens is 592 g/mol. The number of hydrogen-bond donors (Lipinski definition) is 4. The topological polar surface area (TPSA) is 223 Å². The van der Waals surface area contributed by atoms with Crippen LogP contribution < -0.4 is 17.2 Å². The third-order valence-electron chi connectivity index (χ3n) is 10.2. The Hall–Kier alpha value is -4.32. The van der Waals surface area contributed by atoms with Crippen LogP contribution in [0.25, 0.3) is 11.1 Å². The molecule has 46 heavy (non-hydrogen) atoms. The van der Waals surface area contributed by atoms with Gasteiger partial charge in [-0.1, -0.05) is 24.3 Å². The smallest absolute Gasteiger partial charge is 0.235 e. The van der Waals surface area contributed by atoms with Crippen LogP contribution >= 0.6 is 0 Å². The predicted octanol–water partition coefficient (Wildman–Crippen LogP) is -0.692. The molecule has 2 saturated carbocycles. The summed E-state index contributed by atoms with van der Waals surface area (Å²) >= 11 is 0. The minimum Gasteiger partial charge on any atom is -0.507 e. The van der Waals surface area contributed by atoms with Crippen molar-refractivity contribution < 1.29 is 33.8 Å². The maximum atomic E-state index is 14.5. The molecule has 2 aromatic rings. The van der Waals surface area contributed by atoms with Gasteiger partial charge in [-0.2, -0.15) is 5.26 Å². The number of benzene rings is 2. The van der Waals surface area contributed by atoms with Crippen LogP contribution in [0.2, 0.25) is 0 Å². The van der Waals surface area contributed by atoms with Crippen molar-refractivity contribution in [3.63, 3.8) is 0 Å². The van der Waals surface area contributed by atoms with E-state index in [2.05, 4.69) is 4.90 Å². The summed E-state index contributed by atoms with van der Waals surface area (Å²) in [5.41, 5.74) is 15.2. The summed E-state index contributed by atoms with van der Waals surface area (Å²) in [6.45, 7) is 3.57. The Labute approximate surface area is 265 Å². The van der Waals surface area contributed by atoms with E-state index >= 15 is 0 Å². The summed E-state index contributed by atoms with van der Waals surface area (Å²) in [5, 5.41) is 21.5. The second kappa shape index (κ2) is 10.9. The lowest BCUT2D eigenvalue weighted by Gasteiger charge is -2.60. The Morgan fingerprint density at radius 2 is 1.80 bits per heavy atom. The third-order valence-corrected chi connectivity index (χ3v) is 10.2. The Balaban J connectivity index is 1.49. The first kappa shape index (κ1) is 31.7. The summed E-state index contributed by atoms with van der Waals surface area (Å²) in [5.74, 6) is -9.95. The average molecular weight is 629 g/mol. The number of nitriles is 1. The van der Waals surface area contributed by atoms with Gasteiger partial charge in [0.2, 0.25) is 5.91 Å². The number of carbonyl (C=O) groups is 5. The number of Topliss-reactive ketones (excluding diaryl/α,β-unsaturated/α-hetero) is 4. The average Bonchev–Trinajstić information content (AvgIpc) is 2.97. The predicted molar refractivity (Wildman–Crippen MR) is 163 cm³/mol. The van der Waals surface area contributed by atoms with E-state index in [0.29, 0.717) is 30.9 Å². The van der Waals surface area contributed by atoms with Crippen molar-refractivity contribution >= 4 is 29.0 Å². The molecule has 2 aromatic carbocycles. The van der Waals surface area contributed by atoms with Gasteiger partial charge in [-0.15, -0.1) is 0 Å². The van der Waals surface area contributed by atoms with Crippen molar-refractivity contribution in [2.75, 3.05) is 40.4 Å². The maximum absolute atomic E-state index is 14.5. The number of carbonyl (C=O) groups excluding carboxylic acids is 5. The van der Waals surface area contributed by atoms with E-state index in [4.69, 9.17) is 21.9 Å². The molecule has 0 radical (unpaired) electrons. The summed E-state index contributed by atoms with van der Waals surface area (Å²) in [6, 6.07) is 11.1. The van der Waals surface area contributed by atoms with Crippen LogP contribution in [-0.4, -0.2) is 101 Å². The Kier molecular flexibility index (Phi) is 7.50. The van der Waals surface area contributed by atoms with Gasteiger partial charge >= 0.3 is 0 Å². The molecule has 4 aliphatic rings. The van der Waals surface area contributed by atoms with Gasteiger partial charge in [-0.3, -0.25) is 33.8 Å². The summed E-state index contributed by atoms with van der Waals surface area (Å²) < 4.78 is 5.45. The molecule has 6 rings (SSSR count). The zero-order chi connectivity index (χ0) is 33.3. The summed E-state index contributed by atoms with van der Waals surface area (Å²) in [7, 11) is 2.93. The molecule has 1 amide bonds. The monoisotopic (exact) mass is 628 g/mol. The minimum atomic E-state index is -2.78. The number of amides is 1. The van der Waals surface area contributed by atoms with Gasteiger partial charge in [0, 0.05) is 25.2 Å². The van der Waals surface area contributed by atoms with E-state index in [1.807, 2.05) is 24.3 Å². The van der Waals surface area contributed by atoms with Crippen molar-refractivity contribution in [1.82, 2.24) is 9.80 Å². The Morgan fingerprint density at radius 1 is 1.11 bits per heavy atom. The van der Waals surface area contributed by atoms with Crippen LogP contribution in [0.1, 0.15) is 27.9 Å². The van der Waals surface area contributed by atoms with Gasteiger partial charge < -0.3 is 27.0 Å². The third kappa shape index (κ3) is 4.29.